The number of rotatable bonds is 39. The molecule has 3 N–H and O–H groups in total. The number of hydrogen-bond donors (Lipinski definition) is 2. The second-order valence-electron chi connectivity index (χ2n) is 13.8. The van der Waals surface area contributed by atoms with Crippen LogP contribution < -0.4 is 5.73 Å². The van der Waals surface area contributed by atoms with E-state index < -0.39 is 32.5 Å². The quantitative estimate of drug-likeness (QED) is 0.0270. The van der Waals surface area contributed by atoms with Crippen LogP contribution in [-0.4, -0.2) is 49.3 Å². The third-order valence-electron chi connectivity index (χ3n) is 8.59. The third kappa shape index (κ3) is 40.9. The van der Waals surface area contributed by atoms with Crippen LogP contribution in [0.1, 0.15) is 168 Å². The molecule has 0 radical (unpaired) electrons. The lowest BCUT2D eigenvalue weighted by Crippen LogP contribution is -2.29. The first-order valence-electron chi connectivity index (χ1n) is 21.4. The van der Waals surface area contributed by atoms with E-state index in [1.807, 2.05) is 18.2 Å². The van der Waals surface area contributed by atoms with Crippen LogP contribution in [0.3, 0.4) is 0 Å². The number of ether oxygens (including phenoxy) is 2. The number of allylic oxidation sites excluding steroid dienone is 12. The Bertz CT molecular complexity index is 1130. The van der Waals surface area contributed by atoms with Crippen molar-refractivity contribution in [3.05, 3.63) is 72.9 Å². The molecule has 0 spiro atoms. The molecule has 0 rings (SSSR count). The van der Waals surface area contributed by atoms with Gasteiger partial charge in [-0.15, -0.1) is 0 Å². The van der Waals surface area contributed by atoms with E-state index in [0.717, 1.165) is 38.5 Å². The molecule has 2 atom stereocenters. The van der Waals surface area contributed by atoms with E-state index in [4.69, 9.17) is 24.3 Å². The van der Waals surface area contributed by atoms with Gasteiger partial charge in [0.2, 0.25) is 0 Å². The lowest BCUT2D eigenvalue weighted by Gasteiger charge is -2.19. The largest absolute Gasteiger partial charge is 0.472 e. The Morgan fingerprint density at radius 1 is 0.545 bits per heavy atom. The van der Waals surface area contributed by atoms with Gasteiger partial charge in [-0.3, -0.25) is 18.6 Å². The van der Waals surface area contributed by atoms with Crippen molar-refractivity contribution in [3.63, 3.8) is 0 Å². The molecule has 0 amide bonds. The van der Waals surface area contributed by atoms with Crippen LogP contribution >= 0.6 is 7.82 Å². The Balaban J connectivity index is 4.34. The summed E-state index contributed by atoms with van der Waals surface area (Å²) in [6.45, 7) is 3.56. The van der Waals surface area contributed by atoms with E-state index in [9.17, 15) is 19.0 Å². The molecule has 9 nitrogen and oxygen atoms in total. The van der Waals surface area contributed by atoms with Gasteiger partial charge in [-0.05, 0) is 64.2 Å². The highest BCUT2D eigenvalue weighted by molar-refractivity contribution is 7.47. The standard InChI is InChI=1S/C45H78NO8P/c1-3-5-7-9-11-13-15-17-19-20-21-22-24-25-27-29-31-33-35-37-44(47)51-41-43(42-53-55(49,50)52-40-39-46)54-45(48)38-36-34-32-30-28-26-23-18-16-14-12-10-8-6-4-2/h11,13,17,19,21-22,25,27,31-34,43H,3-10,12,14-16,18,20,23-24,26,28-30,35-42,46H2,1-2H3,(H,49,50)/b13-11+,19-17+,22-21+,27-25+,33-31+,34-32+/t43-/m1/s1. The summed E-state index contributed by atoms with van der Waals surface area (Å²) in [7, 11) is -4.40. The molecule has 0 aliphatic carbocycles. The molecular weight excluding hydrogens is 713 g/mol. The molecule has 0 aromatic carbocycles. The second-order valence-corrected chi connectivity index (χ2v) is 15.3. The minimum absolute atomic E-state index is 0.0364. The lowest BCUT2D eigenvalue weighted by molar-refractivity contribution is -0.161. The van der Waals surface area contributed by atoms with E-state index in [1.165, 1.54) is 89.9 Å². The van der Waals surface area contributed by atoms with Crippen molar-refractivity contribution >= 4 is 19.8 Å². The van der Waals surface area contributed by atoms with E-state index in [0.29, 0.717) is 12.8 Å². The molecule has 55 heavy (non-hydrogen) atoms. The Kier molecular flexibility index (Phi) is 39.2. The first-order chi connectivity index (χ1) is 26.8. The van der Waals surface area contributed by atoms with Crippen LogP contribution in [0, 0.1) is 0 Å². The number of carbonyl (C=O) groups excluding carboxylic acids is 2. The van der Waals surface area contributed by atoms with Crippen molar-refractivity contribution in [1.82, 2.24) is 0 Å². The van der Waals surface area contributed by atoms with E-state index in [2.05, 4.69) is 68.5 Å². The fraction of sp³-hybridized carbons (Fsp3) is 0.689. The summed E-state index contributed by atoms with van der Waals surface area (Å²) in [6.07, 6.45) is 49.6. The fourth-order valence-corrected chi connectivity index (χ4v) is 6.16. The summed E-state index contributed by atoms with van der Waals surface area (Å²) in [5.74, 6) is -0.986. The SMILES string of the molecule is CCCCC/C=C/C/C=C/C/C=C/C/C=C/C/C=C/CCC(=O)OC[C@H](COP(=O)(O)OCCN)OC(=O)CC/C=C/CCCCCCCCCCCCC. The van der Waals surface area contributed by atoms with Crippen LogP contribution in [0.5, 0.6) is 0 Å². The summed E-state index contributed by atoms with van der Waals surface area (Å²) in [5, 5.41) is 0. The smallest absolute Gasteiger partial charge is 0.462 e. The number of unbranched alkanes of at least 4 members (excludes halogenated alkanes) is 14. The average molecular weight is 792 g/mol. The number of carbonyl (C=O) groups is 2. The number of phosphoric acid groups is 1. The molecule has 0 aliphatic rings. The van der Waals surface area contributed by atoms with E-state index >= 15 is 0 Å². The number of phosphoric ester groups is 1. The number of esters is 2. The van der Waals surface area contributed by atoms with E-state index in [-0.39, 0.29) is 32.6 Å². The predicted molar refractivity (Wildman–Crippen MR) is 229 cm³/mol. The summed E-state index contributed by atoms with van der Waals surface area (Å²) in [5.41, 5.74) is 5.34. The van der Waals surface area contributed by atoms with Crippen LogP contribution in [0.4, 0.5) is 0 Å². The average Bonchev–Trinajstić information content (AvgIpc) is 3.17. The monoisotopic (exact) mass is 792 g/mol. The Labute approximate surface area is 335 Å². The maximum absolute atomic E-state index is 12.5. The minimum atomic E-state index is -4.40. The Morgan fingerprint density at radius 2 is 0.945 bits per heavy atom. The second kappa shape index (κ2) is 41.1. The van der Waals surface area contributed by atoms with Gasteiger partial charge in [0.05, 0.1) is 13.2 Å². The van der Waals surface area contributed by atoms with Crippen molar-refractivity contribution in [2.24, 2.45) is 5.73 Å². The molecule has 0 aromatic heterocycles. The summed E-state index contributed by atoms with van der Waals surface area (Å²) in [4.78, 5) is 34.8. The van der Waals surface area contributed by atoms with Gasteiger partial charge >= 0.3 is 19.8 Å². The predicted octanol–water partition coefficient (Wildman–Crippen LogP) is 12.3. The van der Waals surface area contributed by atoms with Gasteiger partial charge in [0.15, 0.2) is 6.10 Å². The maximum atomic E-state index is 12.5. The molecule has 0 saturated carbocycles. The lowest BCUT2D eigenvalue weighted by atomic mass is 10.1. The van der Waals surface area contributed by atoms with Crippen molar-refractivity contribution < 1.29 is 37.6 Å². The summed E-state index contributed by atoms with van der Waals surface area (Å²) < 4.78 is 32.6. The first-order valence-corrected chi connectivity index (χ1v) is 22.9. The number of hydrogen-bond acceptors (Lipinski definition) is 8. The first kappa shape index (κ1) is 52.5. The number of nitrogens with two attached hydrogens (primary N) is 1. The fourth-order valence-electron chi connectivity index (χ4n) is 5.40. The molecule has 1 unspecified atom stereocenters. The molecule has 0 saturated heterocycles. The Morgan fingerprint density at radius 3 is 1.47 bits per heavy atom. The van der Waals surface area contributed by atoms with Gasteiger partial charge in [0.1, 0.15) is 6.61 Å². The van der Waals surface area contributed by atoms with Crippen LogP contribution in [0.2, 0.25) is 0 Å². The highest BCUT2D eigenvalue weighted by atomic mass is 31.2. The van der Waals surface area contributed by atoms with Crippen molar-refractivity contribution in [3.8, 4) is 0 Å². The molecular formula is C45H78NO8P. The van der Waals surface area contributed by atoms with Gasteiger partial charge in [-0.1, -0.05) is 164 Å². The maximum Gasteiger partial charge on any atom is 0.472 e. The topological polar surface area (TPSA) is 134 Å². The Hall–Kier alpha value is -2.55. The van der Waals surface area contributed by atoms with Crippen LogP contribution in [0.15, 0.2) is 72.9 Å². The minimum Gasteiger partial charge on any atom is -0.462 e. The van der Waals surface area contributed by atoms with E-state index in [1.54, 1.807) is 0 Å². The summed E-state index contributed by atoms with van der Waals surface area (Å²) in [6, 6.07) is 0. The molecule has 0 heterocycles. The van der Waals surface area contributed by atoms with Gasteiger partial charge in [0.25, 0.3) is 0 Å². The highest BCUT2D eigenvalue weighted by Crippen LogP contribution is 2.43. The van der Waals surface area contributed by atoms with Crippen molar-refractivity contribution in [1.29, 1.82) is 0 Å². The van der Waals surface area contributed by atoms with Crippen LogP contribution in [0.25, 0.3) is 0 Å². The van der Waals surface area contributed by atoms with Crippen molar-refractivity contribution in [2.75, 3.05) is 26.4 Å². The van der Waals surface area contributed by atoms with Gasteiger partial charge in [-0.25, -0.2) is 4.57 Å². The van der Waals surface area contributed by atoms with Crippen LogP contribution in [-0.2, 0) is 32.7 Å². The molecule has 0 aliphatic heterocycles. The van der Waals surface area contributed by atoms with Gasteiger partial charge in [-0.2, -0.15) is 0 Å². The zero-order valence-corrected chi connectivity index (χ0v) is 35.5. The molecule has 316 valence electrons. The molecule has 0 fully saturated rings. The van der Waals surface area contributed by atoms with Gasteiger partial charge < -0.3 is 20.1 Å². The molecule has 0 bridgehead atoms. The van der Waals surface area contributed by atoms with Gasteiger partial charge in [0, 0.05) is 19.4 Å². The molecule has 0 aromatic rings. The zero-order chi connectivity index (χ0) is 40.3. The zero-order valence-electron chi connectivity index (χ0n) is 34.6. The third-order valence-corrected chi connectivity index (χ3v) is 9.58. The van der Waals surface area contributed by atoms with Crippen molar-refractivity contribution in [2.45, 2.75) is 174 Å². The summed E-state index contributed by atoms with van der Waals surface area (Å²) >= 11 is 0. The molecule has 10 heteroatoms. The highest BCUT2D eigenvalue weighted by Gasteiger charge is 2.25. The normalized spacial score (nSPS) is 14.0.